The molecule has 0 fully saturated rings. The zero-order valence-corrected chi connectivity index (χ0v) is 16.2. The maximum absolute atomic E-state index is 5.78. The van der Waals surface area contributed by atoms with Crippen molar-refractivity contribution in [3.05, 3.63) is 78.0 Å². The zero-order valence-electron chi connectivity index (χ0n) is 16.2. The Morgan fingerprint density at radius 3 is 2.75 bits per heavy atom. The third kappa shape index (κ3) is 3.29. The number of nitrogens with two attached hydrogens (primary N) is 1. The van der Waals surface area contributed by atoms with Crippen LogP contribution in [0.2, 0.25) is 0 Å². The summed E-state index contributed by atoms with van der Waals surface area (Å²) in [5.41, 5.74) is 11.2. The van der Waals surface area contributed by atoms with Gasteiger partial charge in [0.15, 0.2) is 0 Å². The fourth-order valence-electron chi connectivity index (χ4n) is 3.66. The van der Waals surface area contributed by atoms with E-state index in [0.717, 1.165) is 35.1 Å². The molecule has 6 nitrogen and oxygen atoms in total. The molecule has 3 N–H and O–H groups in total. The molecule has 0 amide bonds. The Bertz CT molecular complexity index is 1010. The third-order valence-electron chi connectivity index (χ3n) is 5.13. The maximum Gasteiger partial charge on any atom is 0.129 e. The number of aromatic nitrogens is 2. The molecule has 0 saturated carbocycles. The van der Waals surface area contributed by atoms with Crippen LogP contribution in [0.3, 0.4) is 0 Å². The number of likely N-dealkylation sites (N-methyl/N-ethyl adjacent to an activating group) is 1. The quantitative estimate of drug-likeness (QED) is 0.718. The largest absolute Gasteiger partial charge is 0.496 e. The lowest BCUT2D eigenvalue weighted by Gasteiger charge is -2.25. The molecule has 2 heterocycles. The number of ether oxygens (including phenoxy) is 1. The first-order valence-electron chi connectivity index (χ1n) is 9.34. The van der Waals surface area contributed by atoms with E-state index >= 15 is 0 Å². The van der Waals surface area contributed by atoms with E-state index in [4.69, 9.17) is 15.5 Å². The SMILES string of the molecule is CN/C(=C\N)CN1Cc2nc(-c3ccccc3OC)cn2Cc2ccccc21. The first-order chi connectivity index (χ1) is 13.7. The van der Waals surface area contributed by atoms with E-state index in [0.29, 0.717) is 13.1 Å². The van der Waals surface area contributed by atoms with Gasteiger partial charge in [0.25, 0.3) is 0 Å². The molecule has 4 rings (SSSR count). The number of hydrogen-bond donors (Lipinski definition) is 2. The number of fused-ring (bicyclic) bond motifs is 2. The summed E-state index contributed by atoms with van der Waals surface area (Å²) in [6, 6.07) is 16.5. The number of hydrogen-bond acceptors (Lipinski definition) is 5. The van der Waals surface area contributed by atoms with E-state index in [1.807, 2.05) is 31.3 Å². The van der Waals surface area contributed by atoms with Crippen molar-refractivity contribution in [1.82, 2.24) is 14.9 Å². The first kappa shape index (κ1) is 18.0. The Hall–Kier alpha value is -3.41. The Morgan fingerprint density at radius 1 is 1.18 bits per heavy atom. The molecule has 144 valence electrons. The molecule has 3 aromatic rings. The summed E-state index contributed by atoms with van der Waals surface area (Å²) >= 11 is 0. The lowest BCUT2D eigenvalue weighted by atomic mass is 10.1. The molecular weight excluding hydrogens is 350 g/mol. The summed E-state index contributed by atoms with van der Waals surface area (Å²) in [5, 5.41) is 3.17. The van der Waals surface area contributed by atoms with Crippen LogP contribution in [0.15, 0.2) is 66.6 Å². The number of benzene rings is 2. The second-order valence-electron chi connectivity index (χ2n) is 6.80. The smallest absolute Gasteiger partial charge is 0.129 e. The van der Waals surface area contributed by atoms with Gasteiger partial charge in [-0.25, -0.2) is 4.98 Å². The van der Waals surface area contributed by atoms with Crippen molar-refractivity contribution >= 4 is 5.69 Å². The van der Waals surface area contributed by atoms with Gasteiger partial charge in [-0.05, 0) is 23.8 Å². The number of rotatable bonds is 5. The van der Waals surface area contributed by atoms with Crippen LogP contribution >= 0.6 is 0 Å². The van der Waals surface area contributed by atoms with Gasteiger partial charge in [0.1, 0.15) is 11.6 Å². The van der Waals surface area contributed by atoms with Gasteiger partial charge in [-0.2, -0.15) is 0 Å². The predicted octanol–water partition coefficient (Wildman–Crippen LogP) is 2.95. The molecule has 28 heavy (non-hydrogen) atoms. The highest BCUT2D eigenvalue weighted by atomic mass is 16.5. The molecule has 1 aliphatic rings. The average molecular weight is 375 g/mol. The number of para-hydroxylation sites is 2. The fraction of sp³-hybridized carbons (Fsp3) is 0.227. The Kier molecular flexibility index (Phi) is 4.93. The van der Waals surface area contributed by atoms with Crippen molar-refractivity contribution in [3.63, 3.8) is 0 Å². The van der Waals surface area contributed by atoms with E-state index in [1.165, 1.54) is 11.3 Å². The van der Waals surface area contributed by atoms with Gasteiger partial charge in [0.05, 0.1) is 32.4 Å². The molecule has 0 atom stereocenters. The van der Waals surface area contributed by atoms with E-state index in [1.54, 1.807) is 13.3 Å². The van der Waals surface area contributed by atoms with Gasteiger partial charge >= 0.3 is 0 Å². The van der Waals surface area contributed by atoms with Gasteiger partial charge < -0.3 is 25.3 Å². The average Bonchev–Trinajstić information content (AvgIpc) is 3.07. The molecular formula is C22H25N5O. The van der Waals surface area contributed by atoms with Crippen LogP contribution < -0.4 is 20.7 Å². The summed E-state index contributed by atoms with van der Waals surface area (Å²) in [5.74, 6) is 1.85. The van der Waals surface area contributed by atoms with Crippen LogP contribution in [-0.2, 0) is 13.1 Å². The monoisotopic (exact) mass is 375 g/mol. The molecule has 1 aliphatic heterocycles. The van der Waals surface area contributed by atoms with Crippen molar-refractivity contribution < 1.29 is 4.74 Å². The van der Waals surface area contributed by atoms with Crippen LogP contribution in [0, 0.1) is 0 Å². The van der Waals surface area contributed by atoms with E-state index in [9.17, 15) is 0 Å². The standard InChI is InChI=1S/C22H25N5O/c1-24-17(11-23)13-26-15-22-25-19(18-8-4-6-10-21(18)28-2)14-27(22)12-16-7-3-5-9-20(16)26/h3-11,14,24H,12-13,15,23H2,1-2H3/b17-11-. The molecule has 0 unspecified atom stereocenters. The zero-order chi connectivity index (χ0) is 19.5. The van der Waals surface area contributed by atoms with E-state index in [2.05, 4.69) is 45.2 Å². The lowest BCUT2D eigenvalue weighted by Crippen LogP contribution is -2.30. The molecule has 0 aliphatic carbocycles. The van der Waals surface area contributed by atoms with Gasteiger partial charge in [0, 0.05) is 36.4 Å². The summed E-state index contributed by atoms with van der Waals surface area (Å²) < 4.78 is 7.75. The predicted molar refractivity (Wildman–Crippen MR) is 112 cm³/mol. The first-order valence-corrected chi connectivity index (χ1v) is 9.34. The van der Waals surface area contributed by atoms with Crippen LogP contribution in [0.5, 0.6) is 5.75 Å². The van der Waals surface area contributed by atoms with Crippen molar-refractivity contribution in [2.75, 3.05) is 25.6 Å². The molecule has 1 aromatic heterocycles. The van der Waals surface area contributed by atoms with Gasteiger partial charge in [-0.3, -0.25) is 0 Å². The summed E-state index contributed by atoms with van der Waals surface area (Å²) in [7, 11) is 3.58. The molecule has 6 heteroatoms. The topological polar surface area (TPSA) is 68.3 Å². The number of imidazole rings is 1. The van der Waals surface area contributed by atoms with Crippen LogP contribution in [0.25, 0.3) is 11.3 Å². The molecule has 0 spiro atoms. The van der Waals surface area contributed by atoms with Crippen molar-refractivity contribution in [1.29, 1.82) is 0 Å². The second kappa shape index (κ2) is 7.68. The number of nitrogens with one attached hydrogen (secondary N) is 1. The maximum atomic E-state index is 5.78. The van der Waals surface area contributed by atoms with Crippen LogP contribution in [-0.4, -0.2) is 30.3 Å². The van der Waals surface area contributed by atoms with Crippen LogP contribution in [0.4, 0.5) is 5.69 Å². The minimum Gasteiger partial charge on any atom is -0.496 e. The number of methoxy groups -OCH3 is 1. The van der Waals surface area contributed by atoms with E-state index in [-0.39, 0.29) is 0 Å². The Morgan fingerprint density at radius 2 is 1.96 bits per heavy atom. The van der Waals surface area contributed by atoms with Gasteiger partial charge in [-0.15, -0.1) is 0 Å². The summed E-state index contributed by atoms with van der Waals surface area (Å²) in [6.07, 6.45) is 3.74. The second-order valence-corrected chi connectivity index (χ2v) is 6.80. The summed E-state index contributed by atoms with van der Waals surface area (Å²) in [4.78, 5) is 7.26. The number of nitrogens with zero attached hydrogens (tertiary/aromatic N) is 3. The molecule has 0 saturated heterocycles. The van der Waals surface area contributed by atoms with Crippen LogP contribution in [0.1, 0.15) is 11.4 Å². The summed E-state index contributed by atoms with van der Waals surface area (Å²) in [6.45, 7) is 2.18. The fourth-order valence-corrected chi connectivity index (χ4v) is 3.66. The normalized spacial score (nSPS) is 13.5. The Balaban J connectivity index is 1.76. The minimum atomic E-state index is 0.695. The molecule has 2 aromatic carbocycles. The van der Waals surface area contributed by atoms with Crippen molar-refractivity contribution in [2.45, 2.75) is 13.1 Å². The van der Waals surface area contributed by atoms with Crippen molar-refractivity contribution in [2.24, 2.45) is 5.73 Å². The molecule has 0 bridgehead atoms. The van der Waals surface area contributed by atoms with Gasteiger partial charge in [-0.1, -0.05) is 30.3 Å². The highest BCUT2D eigenvalue weighted by Gasteiger charge is 2.22. The highest BCUT2D eigenvalue weighted by molar-refractivity contribution is 5.67. The highest BCUT2D eigenvalue weighted by Crippen LogP contribution is 2.32. The third-order valence-corrected chi connectivity index (χ3v) is 5.13. The van der Waals surface area contributed by atoms with Crippen molar-refractivity contribution in [3.8, 4) is 17.0 Å². The van der Waals surface area contributed by atoms with Gasteiger partial charge in [0.2, 0.25) is 0 Å². The number of anilines is 1. The van der Waals surface area contributed by atoms with E-state index < -0.39 is 0 Å². The molecule has 0 radical (unpaired) electrons. The minimum absolute atomic E-state index is 0.695. The lowest BCUT2D eigenvalue weighted by molar-refractivity contribution is 0.416. The Labute approximate surface area is 165 Å².